The molecule has 1 atom stereocenters. The van der Waals surface area contributed by atoms with Crippen LogP contribution >= 0.6 is 0 Å². The predicted octanol–water partition coefficient (Wildman–Crippen LogP) is 1.13. The van der Waals surface area contributed by atoms with Crippen LogP contribution in [0.25, 0.3) is 17.0 Å². The molecule has 26 heavy (non-hydrogen) atoms. The Balaban J connectivity index is 1.55. The number of amides is 1. The quantitative estimate of drug-likeness (QED) is 0.741. The summed E-state index contributed by atoms with van der Waals surface area (Å²) in [5.74, 6) is 1.47. The molecular formula is C18H20N6O2. The molecule has 8 heteroatoms. The van der Waals surface area contributed by atoms with Crippen LogP contribution in [-0.4, -0.2) is 58.6 Å². The number of carbonyl (C=O) groups is 1. The number of hydrogen-bond donors (Lipinski definition) is 1. The summed E-state index contributed by atoms with van der Waals surface area (Å²) in [5, 5.41) is 16.2. The van der Waals surface area contributed by atoms with Gasteiger partial charge < -0.3 is 15.0 Å². The topological polar surface area (TPSA) is 84.6 Å². The lowest BCUT2D eigenvalue weighted by atomic mass is 10.2. The van der Waals surface area contributed by atoms with Crippen LogP contribution in [-0.2, 0) is 9.53 Å². The zero-order valence-corrected chi connectivity index (χ0v) is 14.5. The van der Waals surface area contributed by atoms with Crippen molar-refractivity contribution in [3.05, 3.63) is 42.5 Å². The maximum atomic E-state index is 11.7. The molecule has 1 amide bonds. The number of aromatic nitrogens is 4. The average Bonchev–Trinajstić information content (AvgIpc) is 3.29. The van der Waals surface area contributed by atoms with E-state index in [0.29, 0.717) is 11.5 Å². The van der Waals surface area contributed by atoms with E-state index in [9.17, 15) is 4.79 Å². The van der Waals surface area contributed by atoms with E-state index in [1.54, 1.807) is 4.52 Å². The molecule has 1 N–H and O–H groups in total. The first-order valence-corrected chi connectivity index (χ1v) is 8.56. The molecule has 3 heterocycles. The van der Waals surface area contributed by atoms with Crippen molar-refractivity contribution in [3.63, 3.8) is 0 Å². The fourth-order valence-electron chi connectivity index (χ4n) is 3.20. The van der Waals surface area contributed by atoms with Gasteiger partial charge in [-0.1, -0.05) is 30.3 Å². The van der Waals surface area contributed by atoms with Gasteiger partial charge in [-0.15, -0.1) is 15.3 Å². The summed E-state index contributed by atoms with van der Waals surface area (Å²) in [4.78, 5) is 13.9. The number of ether oxygens (including phenoxy) is 1. The zero-order valence-electron chi connectivity index (χ0n) is 14.5. The molecule has 0 aliphatic carbocycles. The minimum absolute atomic E-state index is 0.0852. The first-order chi connectivity index (χ1) is 12.7. The van der Waals surface area contributed by atoms with Crippen LogP contribution in [0.1, 0.15) is 6.42 Å². The Morgan fingerprint density at radius 1 is 1.23 bits per heavy atom. The molecule has 0 saturated carbocycles. The number of methoxy groups -OCH3 is 1. The van der Waals surface area contributed by atoms with Gasteiger partial charge in [0.25, 0.3) is 0 Å². The van der Waals surface area contributed by atoms with Gasteiger partial charge in [0.15, 0.2) is 11.5 Å². The third-order valence-electron chi connectivity index (χ3n) is 4.43. The van der Waals surface area contributed by atoms with E-state index in [1.165, 1.54) is 7.11 Å². The van der Waals surface area contributed by atoms with Gasteiger partial charge in [0.05, 0.1) is 0 Å². The first kappa shape index (κ1) is 16.5. The van der Waals surface area contributed by atoms with Crippen molar-refractivity contribution in [2.45, 2.75) is 12.5 Å². The Bertz CT molecular complexity index is 910. The van der Waals surface area contributed by atoms with E-state index < -0.39 is 0 Å². The van der Waals surface area contributed by atoms with Crippen molar-refractivity contribution in [1.29, 1.82) is 0 Å². The zero-order chi connectivity index (χ0) is 17.9. The summed E-state index contributed by atoms with van der Waals surface area (Å²) in [6.07, 6.45) is 0.878. The van der Waals surface area contributed by atoms with Gasteiger partial charge in [0, 0.05) is 31.8 Å². The van der Waals surface area contributed by atoms with Gasteiger partial charge in [-0.2, -0.15) is 4.52 Å². The highest BCUT2D eigenvalue weighted by atomic mass is 16.5. The summed E-state index contributed by atoms with van der Waals surface area (Å²) in [7, 11) is 1.52. The second-order valence-electron chi connectivity index (χ2n) is 6.28. The fourth-order valence-corrected chi connectivity index (χ4v) is 3.20. The second kappa shape index (κ2) is 7.09. The van der Waals surface area contributed by atoms with E-state index in [0.717, 1.165) is 30.9 Å². The molecule has 2 aromatic heterocycles. The van der Waals surface area contributed by atoms with Gasteiger partial charge in [0.1, 0.15) is 12.4 Å². The maximum absolute atomic E-state index is 11.7. The molecular weight excluding hydrogens is 332 g/mol. The third-order valence-corrected chi connectivity index (χ3v) is 4.43. The molecule has 1 unspecified atom stereocenters. The molecule has 1 aromatic carbocycles. The lowest BCUT2D eigenvalue weighted by Gasteiger charge is -2.18. The molecule has 1 aliphatic heterocycles. The largest absolute Gasteiger partial charge is 0.375 e. The van der Waals surface area contributed by atoms with Crippen LogP contribution in [0.15, 0.2) is 42.5 Å². The Morgan fingerprint density at radius 3 is 2.88 bits per heavy atom. The number of nitrogens with zero attached hydrogens (tertiary/aromatic N) is 5. The maximum Gasteiger partial charge on any atom is 0.246 e. The molecule has 1 aliphatic rings. The van der Waals surface area contributed by atoms with E-state index in [1.807, 2.05) is 42.5 Å². The van der Waals surface area contributed by atoms with Crippen LogP contribution in [0.2, 0.25) is 0 Å². The van der Waals surface area contributed by atoms with Crippen LogP contribution in [0.4, 0.5) is 5.82 Å². The highest BCUT2D eigenvalue weighted by Crippen LogP contribution is 2.21. The van der Waals surface area contributed by atoms with Crippen LogP contribution in [0.3, 0.4) is 0 Å². The molecule has 1 fully saturated rings. The van der Waals surface area contributed by atoms with E-state index in [2.05, 4.69) is 20.4 Å². The average molecular weight is 352 g/mol. The highest BCUT2D eigenvalue weighted by Gasteiger charge is 2.25. The van der Waals surface area contributed by atoms with Crippen molar-refractivity contribution in [2.24, 2.45) is 0 Å². The van der Waals surface area contributed by atoms with Crippen molar-refractivity contribution in [3.8, 4) is 11.4 Å². The van der Waals surface area contributed by atoms with Gasteiger partial charge in [-0.3, -0.25) is 4.79 Å². The molecule has 0 radical (unpaired) electrons. The lowest BCUT2D eigenvalue weighted by Crippen LogP contribution is -2.39. The molecule has 3 aromatic rings. The Hall–Kier alpha value is -3.00. The molecule has 8 nitrogen and oxygen atoms in total. The van der Waals surface area contributed by atoms with Gasteiger partial charge >= 0.3 is 0 Å². The fraction of sp³-hybridized carbons (Fsp3) is 0.333. The number of rotatable bonds is 5. The van der Waals surface area contributed by atoms with Crippen molar-refractivity contribution >= 4 is 17.4 Å². The first-order valence-electron chi connectivity index (χ1n) is 8.56. The smallest absolute Gasteiger partial charge is 0.246 e. The van der Waals surface area contributed by atoms with E-state index >= 15 is 0 Å². The Labute approximate surface area is 150 Å². The SMILES string of the molecule is COCC(=O)NC1CCN(c2ccc3nnc(-c4ccccc4)n3n2)C1. The number of nitrogens with one attached hydrogen (secondary N) is 1. The number of anilines is 1. The molecule has 0 bridgehead atoms. The number of fused-ring (bicyclic) bond motifs is 1. The Morgan fingerprint density at radius 2 is 2.08 bits per heavy atom. The van der Waals surface area contributed by atoms with Crippen LogP contribution in [0, 0.1) is 0 Å². The molecule has 0 spiro atoms. The van der Waals surface area contributed by atoms with Crippen molar-refractivity contribution < 1.29 is 9.53 Å². The summed E-state index contributed by atoms with van der Waals surface area (Å²) in [6, 6.07) is 13.8. The number of carbonyl (C=O) groups excluding carboxylic acids is 1. The van der Waals surface area contributed by atoms with Crippen LogP contribution < -0.4 is 10.2 Å². The normalized spacial score (nSPS) is 17.0. The molecule has 1 saturated heterocycles. The number of hydrogen-bond acceptors (Lipinski definition) is 6. The summed E-state index contributed by atoms with van der Waals surface area (Å²) in [6.45, 7) is 1.64. The van der Waals surface area contributed by atoms with Crippen molar-refractivity contribution in [1.82, 2.24) is 25.1 Å². The highest BCUT2D eigenvalue weighted by molar-refractivity contribution is 5.77. The second-order valence-corrected chi connectivity index (χ2v) is 6.28. The minimum Gasteiger partial charge on any atom is -0.375 e. The summed E-state index contributed by atoms with van der Waals surface area (Å²) >= 11 is 0. The lowest BCUT2D eigenvalue weighted by molar-refractivity contribution is -0.125. The Kier molecular flexibility index (Phi) is 4.49. The molecule has 134 valence electrons. The van der Waals surface area contributed by atoms with E-state index in [4.69, 9.17) is 9.84 Å². The monoisotopic (exact) mass is 352 g/mol. The summed E-state index contributed by atoms with van der Waals surface area (Å²) in [5.41, 5.74) is 1.67. The standard InChI is InChI=1S/C18H20N6O2/c1-26-12-17(25)19-14-9-10-23(11-14)16-8-7-15-20-21-18(24(15)22-16)13-5-3-2-4-6-13/h2-8,14H,9-12H2,1H3,(H,19,25). The van der Waals surface area contributed by atoms with Crippen LogP contribution in [0.5, 0.6) is 0 Å². The predicted molar refractivity (Wildman–Crippen MR) is 96.9 cm³/mol. The number of benzene rings is 1. The molecule has 4 rings (SSSR count). The van der Waals surface area contributed by atoms with E-state index in [-0.39, 0.29) is 18.6 Å². The third kappa shape index (κ3) is 3.23. The summed E-state index contributed by atoms with van der Waals surface area (Å²) < 4.78 is 6.63. The van der Waals surface area contributed by atoms with Crippen molar-refractivity contribution in [2.75, 3.05) is 31.7 Å². The minimum atomic E-state index is -0.0899. The van der Waals surface area contributed by atoms with Gasteiger partial charge in [0.2, 0.25) is 5.91 Å². The van der Waals surface area contributed by atoms with Gasteiger partial charge in [-0.05, 0) is 18.6 Å². The van der Waals surface area contributed by atoms with Gasteiger partial charge in [-0.25, -0.2) is 0 Å².